The number of methoxy groups -OCH3 is 1. The summed E-state index contributed by atoms with van der Waals surface area (Å²) >= 11 is 0. The van der Waals surface area contributed by atoms with Crippen molar-refractivity contribution >= 4 is 11.7 Å². The molecule has 2 aromatic rings. The summed E-state index contributed by atoms with van der Waals surface area (Å²) < 4.78 is 10.8. The van der Waals surface area contributed by atoms with Gasteiger partial charge in [0.1, 0.15) is 18.1 Å². The minimum Gasteiger partial charge on any atom is -0.497 e. The Morgan fingerprint density at radius 2 is 1.87 bits per heavy atom. The summed E-state index contributed by atoms with van der Waals surface area (Å²) in [5.41, 5.74) is 1.86. The van der Waals surface area contributed by atoms with E-state index in [4.69, 9.17) is 9.47 Å². The molecule has 0 aromatic heterocycles. The first-order valence-corrected chi connectivity index (χ1v) is 7.48. The Morgan fingerprint density at radius 1 is 1.13 bits per heavy atom. The predicted octanol–water partition coefficient (Wildman–Crippen LogP) is 3.59. The number of carbonyl (C=O) groups is 1. The van der Waals surface area contributed by atoms with Crippen molar-refractivity contribution in [1.29, 1.82) is 0 Å². The van der Waals surface area contributed by atoms with Crippen LogP contribution in [-0.2, 0) is 0 Å². The summed E-state index contributed by atoms with van der Waals surface area (Å²) in [6.45, 7) is 4.31. The maximum Gasteiger partial charge on any atom is 0.319 e. The third-order valence-corrected chi connectivity index (χ3v) is 3.23. The van der Waals surface area contributed by atoms with Gasteiger partial charge < -0.3 is 20.1 Å². The molecule has 0 aliphatic rings. The first kappa shape index (κ1) is 16.7. The highest BCUT2D eigenvalue weighted by atomic mass is 16.5. The zero-order valence-corrected chi connectivity index (χ0v) is 13.6. The summed E-state index contributed by atoms with van der Waals surface area (Å²) in [5.74, 6) is 1.48. The second-order valence-electron chi connectivity index (χ2n) is 5.36. The van der Waals surface area contributed by atoms with E-state index in [0.29, 0.717) is 18.0 Å². The van der Waals surface area contributed by atoms with Crippen molar-refractivity contribution in [2.24, 2.45) is 0 Å². The number of nitrogens with one attached hydrogen (secondary N) is 2. The average molecular weight is 314 g/mol. The predicted molar refractivity (Wildman–Crippen MR) is 91.3 cm³/mol. The molecule has 0 bridgehead atoms. The van der Waals surface area contributed by atoms with E-state index in [1.165, 1.54) is 5.56 Å². The molecule has 0 radical (unpaired) electrons. The van der Waals surface area contributed by atoms with Crippen LogP contribution >= 0.6 is 0 Å². The number of aryl methyl sites for hydroxylation is 1. The Bertz CT molecular complexity index is 641. The number of hydrogen-bond acceptors (Lipinski definition) is 3. The Hall–Kier alpha value is -2.69. The molecule has 2 rings (SSSR count). The van der Waals surface area contributed by atoms with Gasteiger partial charge >= 0.3 is 6.03 Å². The van der Waals surface area contributed by atoms with E-state index in [0.717, 1.165) is 5.75 Å². The van der Waals surface area contributed by atoms with E-state index < -0.39 is 0 Å². The second kappa shape index (κ2) is 8.08. The summed E-state index contributed by atoms with van der Waals surface area (Å²) in [6, 6.07) is 14.6. The van der Waals surface area contributed by atoms with Gasteiger partial charge in [0.05, 0.1) is 13.2 Å². The van der Waals surface area contributed by atoms with Gasteiger partial charge in [-0.3, -0.25) is 0 Å². The van der Waals surface area contributed by atoms with Gasteiger partial charge in [0.15, 0.2) is 0 Å². The molecule has 0 spiro atoms. The van der Waals surface area contributed by atoms with Crippen molar-refractivity contribution in [3.8, 4) is 11.5 Å². The zero-order chi connectivity index (χ0) is 16.7. The molecule has 5 heteroatoms. The number of benzene rings is 2. The molecule has 0 saturated heterocycles. The van der Waals surface area contributed by atoms with Gasteiger partial charge in [0, 0.05) is 11.8 Å². The molecule has 0 unspecified atom stereocenters. The van der Waals surface area contributed by atoms with Gasteiger partial charge in [-0.1, -0.05) is 23.8 Å². The third-order valence-electron chi connectivity index (χ3n) is 3.23. The van der Waals surface area contributed by atoms with Crippen molar-refractivity contribution < 1.29 is 14.3 Å². The molecule has 0 aliphatic carbocycles. The maximum atomic E-state index is 12.0. The molecule has 2 N–H and O–H groups in total. The lowest BCUT2D eigenvalue weighted by molar-refractivity contribution is 0.236. The van der Waals surface area contributed by atoms with Crippen molar-refractivity contribution in [2.45, 2.75) is 19.9 Å². The Kier molecular flexibility index (Phi) is 5.86. The molecule has 0 fully saturated rings. The van der Waals surface area contributed by atoms with Crippen LogP contribution in [0, 0.1) is 6.92 Å². The van der Waals surface area contributed by atoms with Crippen LogP contribution in [0.2, 0.25) is 0 Å². The molecule has 1 atom stereocenters. The summed E-state index contributed by atoms with van der Waals surface area (Å²) in [5, 5.41) is 5.60. The Labute approximate surface area is 136 Å². The number of hydrogen-bond donors (Lipinski definition) is 2. The maximum absolute atomic E-state index is 12.0. The van der Waals surface area contributed by atoms with Crippen LogP contribution in [0.3, 0.4) is 0 Å². The van der Waals surface area contributed by atoms with Gasteiger partial charge in [0.2, 0.25) is 0 Å². The number of rotatable bonds is 6. The largest absolute Gasteiger partial charge is 0.497 e. The number of ether oxygens (including phenoxy) is 2. The molecule has 0 aliphatic heterocycles. The SMILES string of the molecule is COc1cccc(NC(=O)N[C@H](C)COc2ccc(C)cc2)c1. The first-order valence-electron chi connectivity index (χ1n) is 7.48. The highest BCUT2D eigenvalue weighted by molar-refractivity contribution is 5.89. The topological polar surface area (TPSA) is 59.6 Å². The Morgan fingerprint density at radius 3 is 2.57 bits per heavy atom. The average Bonchev–Trinajstić information content (AvgIpc) is 2.54. The monoisotopic (exact) mass is 314 g/mol. The first-order chi connectivity index (χ1) is 11.1. The fraction of sp³-hybridized carbons (Fsp3) is 0.278. The van der Waals surface area contributed by atoms with Gasteiger partial charge in [-0.2, -0.15) is 0 Å². The highest BCUT2D eigenvalue weighted by Gasteiger charge is 2.08. The summed E-state index contributed by atoms with van der Waals surface area (Å²) in [7, 11) is 1.59. The smallest absolute Gasteiger partial charge is 0.319 e. The second-order valence-corrected chi connectivity index (χ2v) is 5.36. The third kappa shape index (κ3) is 5.54. The molecule has 2 aromatic carbocycles. The van der Waals surface area contributed by atoms with Crippen molar-refractivity contribution in [1.82, 2.24) is 5.32 Å². The Balaban J connectivity index is 1.78. The lowest BCUT2D eigenvalue weighted by atomic mass is 10.2. The number of anilines is 1. The van der Waals surface area contributed by atoms with Crippen LogP contribution in [0.5, 0.6) is 11.5 Å². The van der Waals surface area contributed by atoms with E-state index in [1.807, 2.05) is 50.2 Å². The van der Waals surface area contributed by atoms with Gasteiger partial charge in [0.25, 0.3) is 0 Å². The number of amides is 2. The van der Waals surface area contributed by atoms with Crippen LogP contribution in [0.1, 0.15) is 12.5 Å². The number of carbonyl (C=O) groups excluding carboxylic acids is 1. The van der Waals surface area contributed by atoms with Crippen LogP contribution in [0.4, 0.5) is 10.5 Å². The van der Waals surface area contributed by atoms with Crippen molar-refractivity contribution in [3.63, 3.8) is 0 Å². The van der Waals surface area contributed by atoms with Gasteiger partial charge in [-0.25, -0.2) is 4.79 Å². The normalized spacial score (nSPS) is 11.4. The zero-order valence-electron chi connectivity index (χ0n) is 13.6. The molecular weight excluding hydrogens is 292 g/mol. The van der Waals surface area contributed by atoms with Crippen molar-refractivity contribution in [2.75, 3.05) is 19.0 Å². The molecule has 23 heavy (non-hydrogen) atoms. The fourth-order valence-corrected chi connectivity index (χ4v) is 1.99. The van der Waals surface area contributed by atoms with E-state index in [9.17, 15) is 4.79 Å². The van der Waals surface area contributed by atoms with Crippen LogP contribution in [-0.4, -0.2) is 25.8 Å². The minimum absolute atomic E-state index is 0.123. The van der Waals surface area contributed by atoms with E-state index in [1.54, 1.807) is 19.2 Å². The van der Waals surface area contributed by atoms with Gasteiger partial charge in [-0.05, 0) is 38.1 Å². The number of urea groups is 1. The van der Waals surface area contributed by atoms with Gasteiger partial charge in [-0.15, -0.1) is 0 Å². The lowest BCUT2D eigenvalue weighted by Crippen LogP contribution is -2.39. The molecular formula is C18H22N2O3. The van der Waals surface area contributed by atoms with E-state index >= 15 is 0 Å². The lowest BCUT2D eigenvalue weighted by Gasteiger charge is -2.16. The van der Waals surface area contributed by atoms with Crippen LogP contribution < -0.4 is 20.1 Å². The molecule has 5 nitrogen and oxygen atoms in total. The quantitative estimate of drug-likeness (QED) is 0.856. The highest BCUT2D eigenvalue weighted by Crippen LogP contribution is 2.16. The van der Waals surface area contributed by atoms with Crippen LogP contribution in [0.15, 0.2) is 48.5 Å². The van der Waals surface area contributed by atoms with E-state index in [-0.39, 0.29) is 12.1 Å². The molecule has 0 saturated carbocycles. The molecule has 0 heterocycles. The summed E-state index contributed by atoms with van der Waals surface area (Å²) in [4.78, 5) is 12.0. The minimum atomic E-state index is -0.279. The fourth-order valence-electron chi connectivity index (χ4n) is 1.99. The summed E-state index contributed by atoms with van der Waals surface area (Å²) in [6.07, 6.45) is 0. The van der Waals surface area contributed by atoms with Crippen LogP contribution in [0.25, 0.3) is 0 Å². The molecule has 2 amide bonds. The van der Waals surface area contributed by atoms with E-state index in [2.05, 4.69) is 10.6 Å². The van der Waals surface area contributed by atoms with Crippen molar-refractivity contribution in [3.05, 3.63) is 54.1 Å². The standard InChI is InChI=1S/C18H22N2O3/c1-13-7-9-16(10-8-13)23-12-14(2)19-18(21)20-15-5-4-6-17(11-15)22-3/h4-11,14H,12H2,1-3H3,(H2,19,20,21)/t14-/m1/s1. The molecule has 122 valence electrons.